The highest BCUT2D eigenvalue weighted by Gasteiger charge is 2.80. The molecule has 0 aromatic heterocycles. The Hall–Kier alpha value is -2.42. The van der Waals surface area contributed by atoms with Gasteiger partial charge in [0.1, 0.15) is 0 Å². The van der Waals surface area contributed by atoms with Gasteiger partial charge in [0.2, 0.25) is 0 Å². The van der Waals surface area contributed by atoms with Crippen molar-refractivity contribution in [2.75, 3.05) is 4.90 Å². The number of fused-ring (bicyclic) bond motifs is 2. The minimum atomic E-state index is -5.83. The van der Waals surface area contributed by atoms with Crippen LogP contribution in [-0.2, 0) is 29.1 Å². The molecule has 5 rings (SSSR count). The second kappa shape index (κ2) is 9.07. The van der Waals surface area contributed by atoms with E-state index in [0.29, 0.717) is 17.7 Å². The summed E-state index contributed by atoms with van der Waals surface area (Å²) in [5, 5.41) is 0. The fraction of sp³-hybridized carbons (Fsp3) is 0.357. The van der Waals surface area contributed by atoms with Gasteiger partial charge in [-0.3, -0.25) is 0 Å². The molecule has 0 bridgehead atoms. The lowest BCUT2D eigenvalue weighted by Crippen LogP contribution is -2.43. The molecule has 0 aliphatic heterocycles. The number of benzene rings is 3. The van der Waals surface area contributed by atoms with E-state index in [1.807, 2.05) is 20.8 Å². The van der Waals surface area contributed by atoms with Crippen LogP contribution in [0, 0.1) is 0 Å². The van der Waals surface area contributed by atoms with Crippen LogP contribution in [0.4, 0.5) is 69.7 Å². The van der Waals surface area contributed by atoms with E-state index < -0.39 is 74.6 Å². The Morgan fingerprint density at radius 2 is 0.837 bits per heavy atom. The predicted molar refractivity (Wildman–Crippen MR) is 141 cm³/mol. The molecule has 0 saturated carbocycles. The van der Waals surface area contributed by atoms with E-state index >= 15 is 0 Å². The molecule has 3 aromatic carbocycles. The first-order valence-corrected chi connectivity index (χ1v) is 13.8. The molecular formula is C28H17Br2F12N. The summed E-state index contributed by atoms with van der Waals surface area (Å²) in [6.45, 7) is 5.47. The maximum atomic E-state index is 14.7. The number of anilines is 3. The van der Waals surface area contributed by atoms with Gasteiger partial charge < -0.3 is 4.90 Å². The van der Waals surface area contributed by atoms with Crippen LogP contribution >= 0.6 is 31.9 Å². The van der Waals surface area contributed by atoms with Crippen LogP contribution in [0.2, 0.25) is 0 Å². The lowest BCUT2D eigenvalue weighted by atomic mass is 9.87. The molecule has 3 aromatic rings. The van der Waals surface area contributed by atoms with Crippen molar-refractivity contribution in [3.63, 3.8) is 0 Å². The van der Waals surface area contributed by atoms with E-state index in [-0.39, 0.29) is 26.8 Å². The zero-order valence-electron chi connectivity index (χ0n) is 21.9. The standard InChI is InChI=1S/C28H17Br2F12N/c1-22(2,3)12-8-19(29)21(20(30)9-12)43(13-4-6-15-17(10-13)25(35,36)27(39,40)23(15,31)32)14-5-7-16-18(11-14)26(37,38)28(41,42)24(16,33)34/h4-11H,1-3H3. The summed E-state index contributed by atoms with van der Waals surface area (Å²) in [7, 11) is 0. The third-order valence-corrected chi connectivity index (χ3v) is 8.77. The number of rotatable bonds is 3. The Balaban J connectivity index is 1.81. The van der Waals surface area contributed by atoms with Crippen molar-refractivity contribution in [2.45, 2.75) is 61.7 Å². The quantitative estimate of drug-likeness (QED) is 0.241. The molecule has 232 valence electrons. The molecule has 2 aliphatic rings. The average Bonchev–Trinajstić information content (AvgIpc) is 3.05. The van der Waals surface area contributed by atoms with Crippen LogP contribution in [0.1, 0.15) is 48.6 Å². The lowest BCUT2D eigenvalue weighted by Gasteiger charge is -2.30. The van der Waals surface area contributed by atoms with E-state index in [1.165, 1.54) is 12.1 Å². The Labute approximate surface area is 253 Å². The predicted octanol–water partition coefficient (Wildman–Crippen LogP) is 11.6. The van der Waals surface area contributed by atoms with Crippen LogP contribution in [0.5, 0.6) is 0 Å². The highest BCUT2D eigenvalue weighted by atomic mass is 79.9. The number of hydrogen-bond acceptors (Lipinski definition) is 1. The zero-order valence-corrected chi connectivity index (χ0v) is 25.0. The van der Waals surface area contributed by atoms with Gasteiger partial charge in [0, 0.05) is 42.6 Å². The Morgan fingerprint density at radius 3 is 1.16 bits per heavy atom. The summed E-state index contributed by atoms with van der Waals surface area (Å²) in [6, 6.07) is 5.68. The summed E-state index contributed by atoms with van der Waals surface area (Å²) < 4.78 is 173. The Morgan fingerprint density at radius 1 is 0.512 bits per heavy atom. The van der Waals surface area contributed by atoms with Crippen LogP contribution in [-0.4, -0.2) is 11.8 Å². The molecule has 2 aliphatic carbocycles. The van der Waals surface area contributed by atoms with Gasteiger partial charge in [-0.1, -0.05) is 32.9 Å². The monoisotopic (exact) mass is 753 g/mol. The highest BCUT2D eigenvalue weighted by molar-refractivity contribution is 9.11. The SMILES string of the molecule is CC(C)(C)c1cc(Br)c(N(c2ccc3c(c2)C(F)(F)C(F)(F)C3(F)F)c2ccc3c(c2)C(F)(F)C(F)(F)C3(F)F)c(Br)c1. The van der Waals surface area contributed by atoms with Gasteiger partial charge in [0.15, 0.2) is 0 Å². The van der Waals surface area contributed by atoms with Crippen molar-refractivity contribution >= 4 is 48.9 Å². The molecule has 0 spiro atoms. The molecular weight excluding hydrogens is 738 g/mol. The summed E-state index contributed by atoms with van der Waals surface area (Å²) >= 11 is 6.56. The third kappa shape index (κ3) is 4.04. The largest absolute Gasteiger partial charge is 0.380 e. The van der Waals surface area contributed by atoms with E-state index in [2.05, 4.69) is 31.9 Å². The van der Waals surface area contributed by atoms with Crippen LogP contribution in [0.3, 0.4) is 0 Å². The van der Waals surface area contributed by atoms with E-state index in [4.69, 9.17) is 0 Å². The van der Waals surface area contributed by atoms with E-state index in [1.54, 1.807) is 0 Å². The number of hydrogen-bond donors (Lipinski definition) is 0. The number of halogens is 14. The van der Waals surface area contributed by atoms with Crippen LogP contribution < -0.4 is 4.90 Å². The summed E-state index contributed by atoms with van der Waals surface area (Å²) in [5.41, 5.74) is -8.00. The minimum absolute atomic E-state index is 0.104. The summed E-state index contributed by atoms with van der Waals surface area (Å²) in [5.74, 6) is -33.0. The van der Waals surface area contributed by atoms with Gasteiger partial charge >= 0.3 is 35.5 Å². The topological polar surface area (TPSA) is 3.24 Å². The van der Waals surface area contributed by atoms with Gasteiger partial charge in [0.05, 0.1) is 5.69 Å². The average molecular weight is 755 g/mol. The normalized spacial score (nSPS) is 21.8. The Kier molecular flexibility index (Phi) is 6.75. The summed E-state index contributed by atoms with van der Waals surface area (Å²) in [4.78, 5) is 0.830. The molecule has 0 heterocycles. The second-order valence-electron chi connectivity index (χ2n) is 11.3. The van der Waals surface area contributed by atoms with Gasteiger partial charge in [-0.2, -0.15) is 52.7 Å². The maximum Gasteiger partial charge on any atom is 0.380 e. The maximum absolute atomic E-state index is 14.7. The molecule has 0 N–H and O–H groups in total. The second-order valence-corrected chi connectivity index (χ2v) is 13.0. The van der Waals surface area contributed by atoms with Gasteiger partial charge in [-0.15, -0.1) is 0 Å². The molecule has 0 radical (unpaired) electrons. The Bertz CT molecular complexity index is 1550. The molecule has 0 atom stereocenters. The molecule has 15 heteroatoms. The smallest absolute Gasteiger partial charge is 0.308 e. The third-order valence-electron chi connectivity index (χ3n) is 7.56. The van der Waals surface area contributed by atoms with Gasteiger partial charge in [-0.25, -0.2) is 0 Å². The first-order chi connectivity index (χ1) is 19.3. The first-order valence-electron chi connectivity index (χ1n) is 12.2. The molecule has 0 fully saturated rings. The van der Waals surface area contributed by atoms with E-state index in [0.717, 1.165) is 17.0 Å². The molecule has 1 nitrogen and oxygen atoms in total. The molecule has 0 saturated heterocycles. The zero-order chi connectivity index (χ0) is 32.5. The first kappa shape index (κ1) is 32.0. The number of nitrogens with zero attached hydrogens (tertiary/aromatic N) is 1. The molecule has 0 unspecified atom stereocenters. The van der Waals surface area contributed by atoms with Crippen molar-refractivity contribution < 1.29 is 52.7 Å². The van der Waals surface area contributed by atoms with Crippen molar-refractivity contribution in [3.05, 3.63) is 85.3 Å². The molecule has 43 heavy (non-hydrogen) atoms. The van der Waals surface area contributed by atoms with Crippen molar-refractivity contribution in [3.8, 4) is 0 Å². The van der Waals surface area contributed by atoms with Crippen molar-refractivity contribution in [2.24, 2.45) is 0 Å². The van der Waals surface area contributed by atoms with Crippen molar-refractivity contribution in [1.82, 2.24) is 0 Å². The van der Waals surface area contributed by atoms with E-state index in [9.17, 15) is 52.7 Å². The minimum Gasteiger partial charge on any atom is -0.308 e. The fourth-order valence-corrected chi connectivity index (χ4v) is 6.64. The lowest BCUT2D eigenvalue weighted by molar-refractivity contribution is -0.302. The summed E-state index contributed by atoms with van der Waals surface area (Å²) in [6.07, 6.45) is 0. The fourth-order valence-electron chi connectivity index (χ4n) is 5.10. The van der Waals surface area contributed by atoms with Gasteiger partial charge in [-0.05, 0) is 79.2 Å². The van der Waals surface area contributed by atoms with Crippen LogP contribution in [0.15, 0.2) is 57.5 Å². The van der Waals surface area contributed by atoms with Crippen molar-refractivity contribution in [1.29, 1.82) is 0 Å². The van der Waals surface area contributed by atoms with Gasteiger partial charge in [0.25, 0.3) is 0 Å². The number of alkyl halides is 12. The highest BCUT2D eigenvalue weighted by Crippen LogP contribution is 2.65. The van der Waals surface area contributed by atoms with Crippen LogP contribution in [0.25, 0.3) is 0 Å². The molecule has 0 amide bonds.